The maximum Gasteiger partial charge on any atom is 0.224 e. The zero-order valence-corrected chi connectivity index (χ0v) is 14.3. The molecule has 2 N–H and O–H groups in total. The lowest BCUT2D eigenvalue weighted by molar-refractivity contribution is 0.581. The zero-order valence-electron chi connectivity index (χ0n) is 12.7. The molecule has 1 rings (SSSR count). The number of aromatic nitrogens is 2. The molecule has 5 heteroatoms. The Hall–Kier alpha value is -0.840. The van der Waals surface area contributed by atoms with E-state index in [4.69, 9.17) is 0 Å². The van der Waals surface area contributed by atoms with Gasteiger partial charge in [-0.05, 0) is 22.4 Å². The van der Waals surface area contributed by atoms with Crippen molar-refractivity contribution >= 4 is 27.7 Å². The number of nitrogens with one attached hydrogen (secondary N) is 2. The van der Waals surface area contributed by atoms with Crippen molar-refractivity contribution in [1.82, 2.24) is 9.97 Å². The van der Waals surface area contributed by atoms with Crippen LogP contribution in [0.4, 0.5) is 11.8 Å². The molecule has 0 saturated carbocycles. The third-order valence-electron chi connectivity index (χ3n) is 3.29. The SMILES string of the molecule is CCCCCCCCCCNc1nc(NC)ncc1Br. The van der Waals surface area contributed by atoms with E-state index in [0.29, 0.717) is 5.95 Å². The maximum atomic E-state index is 4.38. The molecule has 0 spiro atoms. The molecule has 1 aromatic heterocycles. The molecule has 0 bridgehead atoms. The van der Waals surface area contributed by atoms with Crippen molar-refractivity contribution in [3.8, 4) is 0 Å². The number of hydrogen-bond donors (Lipinski definition) is 2. The first-order valence-corrected chi connectivity index (χ1v) is 8.51. The summed E-state index contributed by atoms with van der Waals surface area (Å²) in [6, 6.07) is 0. The summed E-state index contributed by atoms with van der Waals surface area (Å²) in [5, 5.41) is 6.31. The largest absolute Gasteiger partial charge is 0.369 e. The topological polar surface area (TPSA) is 49.8 Å². The summed E-state index contributed by atoms with van der Waals surface area (Å²) in [7, 11) is 1.82. The molecule has 4 nitrogen and oxygen atoms in total. The third kappa shape index (κ3) is 7.08. The number of nitrogens with zero attached hydrogens (tertiary/aromatic N) is 2. The second kappa shape index (κ2) is 10.9. The van der Waals surface area contributed by atoms with E-state index in [2.05, 4.69) is 43.5 Å². The van der Waals surface area contributed by atoms with Crippen molar-refractivity contribution in [3.63, 3.8) is 0 Å². The van der Waals surface area contributed by atoms with Crippen LogP contribution in [0.5, 0.6) is 0 Å². The van der Waals surface area contributed by atoms with Gasteiger partial charge in [-0.3, -0.25) is 0 Å². The zero-order chi connectivity index (χ0) is 14.6. The van der Waals surface area contributed by atoms with Crippen LogP contribution in [0.3, 0.4) is 0 Å². The molecule has 0 aliphatic carbocycles. The van der Waals surface area contributed by atoms with Gasteiger partial charge < -0.3 is 10.6 Å². The average molecular weight is 343 g/mol. The standard InChI is InChI=1S/C15H27BrN4/c1-3-4-5-6-7-8-9-10-11-18-14-13(16)12-19-15(17-2)20-14/h12H,3-11H2,1-2H3,(H2,17,18,19,20). The van der Waals surface area contributed by atoms with Crippen LogP contribution in [0.1, 0.15) is 58.3 Å². The Bertz CT molecular complexity index is 371. The number of rotatable bonds is 11. The van der Waals surface area contributed by atoms with Crippen molar-refractivity contribution < 1.29 is 0 Å². The van der Waals surface area contributed by atoms with Gasteiger partial charge in [0.1, 0.15) is 5.82 Å². The lowest BCUT2D eigenvalue weighted by Crippen LogP contribution is -2.06. The lowest BCUT2D eigenvalue weighted by Gasteiger charge is -2.08. The van der Waals surface area contributed by atoms with Crippen LogP contribution < -0.4 is 10.6 Å². The van der Waals surface area contributed by atoms with E-state index in [0.717, 1.165) is 16.8 Å². The van der Waals surface area contributed by atoms with Crippen molar-refractivity contribution in [2.24, 2.45) is 0 Å². The van der Waals surface area contributed by atoms with E-state index in [-0.39, 0.29) is 0 Å². The summed E-state index contributed by atoms with van der Waals surface area (Å²) in [6.07, 6.45) is 12.5. The highest BCUT2D eigenvalue weighted by Gasteiger charge is 2.03. The Morgan fingerprint density at radius 3 is 2.35 bits per heavy atom. The molecule has 114 valence electrons. The van der Waals surface area contributed by atoms with E-state index in [9.17, 15) is 0 Å². The quantitative estimate of drug-likeness (QED) is 0.565. The average Bonchev–Trinajstić information content (AvgIpc) is 2.47. The molecule has 0 atom stereocenters. The summed E-state index contributed by atoms with van der Waals surface area (Å²) in [6.45, 7) is 3.23. The number of halogens is 1. The first kappa shape index (κ1) is 17.2. The molecule has 0 radical (unpaired) electrons. The third-order valence-corrected chi connectivity index (χ3v) is 3.87. The van der Waals surface area contributed by atoms with Gasteiger partial charge in [0.15, 0.2) is 0 Å². The van der Waals surface area contributed by atoms with Gasteiger partial charge in [0, 0.05) is 19.8 Å². The van der Waals surface area contributed by atoms with E-state index in [1.54, 1.807) is 6.20 Å². The van der Waals surface area contributed by atoms with Crippen molar-refractivity contribution in [2.45, 2.75) is 58.3 Å². The highest BCUT2D eigenvalue weighted by Crippen LogP contribution is 2.20. The summed E-state index contributed by atoms with van der Waals surface area (Å²) >= 11 is 3.46. The van der Waals surface area contributed by atoms with Gasteiger partial charge in [-0.15, -0.1) is 0 Å². The smallest absolute Gasteiger partial charge is 0.224 e. The molecule has 1 aromatic rings. The van der Waals surface area contributed by atoms with Gasteiger partial charge in [0.05, 0.1) is 4.47 Å². The Balaban J connectivity index is 2.09. The summed E-state index contributed by atoms with van der Waals surface area (Å²) in [5.74, 6) is 1.51. The first-order chi connectivity index (χ1) is 9.77. The Labute approximate surface area is 131 Å². The van der Waals surface area contributed by atoms with Crippen LogP contribution in [-0.4, -0.2) is 23.6 Å². The van der Waals surface area contributed by atoms with Gasteiger partial charge >= 0.3 is 0 Å². The van der Waals surface area contributed by atoms with Gasteiger partial charge in [0.25, 0.3) is 0 Å². The van der Waals surface area contributed by atoms with Crippen LogP contribution in [0.15, 0.2) is 10.7 Å². The molecule has 0 aliphatic heterocycles. The number of hydrogen-bond acceptors (Lipinski definition) is 4. The van der Waals surface area contributed by atoms with Gasteiger partial charge in [0.2, 0.25) is 5.95 Å². The van der Waals surface area contributed by atoms with Crippen LogP contribution in [0.2, 0.25) is 0 Å². The Morgan fingerprint density at radius 1 is 1.05 bits per heavy atom. The monoisotopic (exact) mass is 342 g/mol. The number of anilines is 2. The van der Waals surface area contributed by atoms with Gasteiger partial charge in [-0.1, -0.05) is 51.9 Å². The minimum absolute atomic E-state index is 0.645. The van der Waals surface area contributed by atoms with Gasteiger partial charge in [-0.2, -0.15) is 4.98 Å². The minimum atomic E-state index is 0.645. The van der Waals surface area contributed by atoms with Gasteiger partial charge in [-0.25, -0.2) is 4.98 Å². The molecule has 1 heterocycles. The number of unbranched alkanes of at least 4 members (excludes halogenated alkanes) is 7. The fourth-order valence-corrected chi connectivity index (χ4v) is 2.41. The van der Waals surface area contributed by atoms with E-state index in [1.165, 1.54) is 51.4 Å². The van der Waals surface area contributed by atoms with E-state index >= 15 is 0 Å². The van der Waals surface area contributed by atoms with Crippen molar-refractivity contribution in [1.29, 1.82) is 0 Å². The molecule has 0 aromatic carbocycles. The summed E-state index contributed by atoms with van der Waals surface area (Å²) in [5.41, 5.74) is 0. The first-order valence-electron chi connectivity index (χ1n) is 7.72. The molecular weight excluding hydrogens is 316 g/mol. The molecule has 0 fully saturated rings. The van der Waals surface area contributed by atoms with Crippen molar-refractivity contribution in [2.75, 3.05) is 24.2 Å². The van der Waals surface area contributed by atoms with Crippen LogP contribution in [0.25, 0.3) is 0 Å². The predicted octanol–water partition coefficient (Wildman–Crippen LogP) is 4.83. The van der Waals surface area contributed by atoms with E-state index < -0.39 is 0 Å². The maximum absolute atomic E-state index is 4.38. The molecule has 0 saturated heterocycles. The molecule has 0 unspecified atom stereocenters. The fourth-order valence-electron chi connectivity index (χ4n) is 2.08. The predicted molar refractivity (Wildman–Crippen MR) is 90.4 cm³/mol. The highest BCUT2D eigenvalue weighted by molar-refractivity contribution is 9.10. The Morgan fingerprint density at radius 2 is 1.70 bits per heavy atom. The van der Waals surface area contributed by atoms with Crippen LogP contribution >= 0.6 is 15.9 Å². The normalized spacial score (nSPS) is 10.6. The highest BCUT2D eigenvalue weighted by atomic mass is 79.9. The molecule has 0 amide bonds. The summed E-state index contributed by atoms with van der Waals surface area (Å²) in [4.78, 5) is 8.52. The molecular formula is C15H27BrN4. The second-order valence-electron chi connectivity index (χ2n) is 5.04. The molecule has 0 aliphatic rings. The fraction of sp³-hybridized carbons (Fsp3) is 0.733. The lowest BCUT2D eigenvalue weighted by atomic mass is 10.1. The Kier molecular flexibility index (Phi) is 9.37. The molecule has 20 heavy (non-hydrogen) atoms. The second-order valence-corrected chi connectivity index (χ2v) is 5.90. The van der Waals surface area contributed by atoms with Crippen LogP contribution in [-0.2, 0) is 0 Å². The summed E-state index contributed by atoms with van der Waals surface area (Å²) < 4.78 is 0.913. The van der Waals surface area contributed by atoms with Crippen LogP contribution in [0, 0.1) is 0 Å². The van der Waals surface area contributed by atoms with E-state index in [1.807, 2.05) is 7.05 Å². The minimum Gasteiger partial charge on any atom is -0.369 e. The van der Waals surface area contributed by atoms with Crippen molar-refractivity contribution in [3.05, 3.63) is 10.7 Å².